The maximum Gasteiger partial charge on any atom is 0.191 e. The van der Waals surface area contributed by atoms with Crippen LogP contribution in [0.2, 0.25) is 0 Å². The molecule has 0 saturated heterocycles. The number of rotatable bonds is 7. The highest BCUT2D eigenvalue weighted by Gasteiger charge is 2.14. The zero-order valence-corrected chi connectivity index (χ0v) is 20.0. The van der Waals surface area contributed by atoms with Crippen molar-refractivity contribution in [3.05, 3.63) is 45.9 Å². The number of nitrogens with zero attached hydrogens (tertiary/aromatic N) is 2. The highest BCUT2D eigenvalue weighted by atomic mass is 127. The first-order valence-corrected chi connectivity index (χ1v) is 9.94. The monoisotopic (exact) mass is 502 g/mol. The van der Waals surface area contributed by atoms with E-state index in [1.54, 1.807) is 18.4 Å². The largest absolute Gasteiger partial charge is 0.488 e. The number of aromatic nitrogens is 1. The Hall–Kier alpha value is -1.35. The fourth-order valence-corrected chi connectivity index (χ4v) is 3.19. The van der Waals surface area contributed by atoms with Crippen LogP contribution in [0.25, 0.3) is 0 Å². The van der Waals surface area contributed by atoms with E-state index in [0.717, 1.165) is 42.4 Å². The van der Waals surface area contributed by atoms with E-state index < -0.39 is 0 Å². The summed E-state index contributed by atoms with van der Waals surface area (Å²) in [6.45, 7) is 9.75. The van der Waals surface area contributed by atoms with Gasteiger partial charge in [0, 0.05) is 37.5 Å². The molecule has 2 aromatic rings. The van der Waals surface area contributed by atoms with E-state index in [1.807, 2.05) is 18.2 Å². The maximum atomic E-state index is 6.04. The van der Waals surface area contributed by atoms with Crippen LogP contribution in [0.5, 0.6) is 5.75 Å². The molecule has 0 radical (unpaired) electrons. The Morgan fingerprint density at radius 3 is 2.59 bits per heavy atom. The van der Waals surface area contributed by atoms with Gasteiger partial charge in [0.1, 0.15) is 11.4 Å². The summed E-state index contributed by atoms with van der Waals surface area (Å²) >= 11 is 1.73. The quantitative estimate of drug-likeness (QED) is 0.335. The average molecular weight is 502 g/mol. The molecule has 5 nitrogen and oxygen atoms in total. The third-order valence-corrected chi connectivity index (χ3v) is 4.68. The molecule has 0 aliphatic rings. The molecular weight excluding hydrogens is 471 g/mol. The van der Waals surface area contributed by atoms with Crippen molar-refractivity contribution in [1.29, 1.82) is 0 Å². The Labute approximate surface area is 184 Å². The van der Waals surface area contributed by atoms with Gasteiger partial charge < -0.3 is 15.4 Å². The number of hydrogen-bond donors (Lipinski definition) is 2. The van der Waals surface area contributed by atoms with E-state index >= 15 is 0 Å². The van der Waals surface area contributed by atoms with Crippen molar-refractivity contribution in [2.75, 3.05) is 13.6 Å². The van der Waals surface area contributed by atoms with Gasteiger partial charge >= 0.3 is 0 Å². The van der Waals surface area contributed by atoms with Gasteiger partial charge in [-0.1, -0.05) is 25.1 Å². The SMILES string of the molecule is CCc1nc(CCNC(=NC)NCc2ccccc2OC(C)(C)C)cs1.I. The molecule has 1 aromatic heterocycles. The number of guanidine groups is 1. The predicted molar refractivity (Wildman–Crippen MR) is 126 cm³/mol. The molecule has 27 heavy (non-hydrogen) atoms. The molecule has 2 rings (SSSR count). The Kier molecular flexibility index (Phi) is 10.1. The van der Waals surface area contributed by atoms with E-state index in [2.05, 4.69) is 59.8 Å². The van der Waals surface area contributed by atoms with Crippen LogP contribution in [0.4, 0.5) is 0 Å². The van der Waals surface area contributed by atoms with Crippen LogP contribution < -0.4 is 15.4 Å². The van der Waals surface area contributed by atoms with E-state index in [9.17, 15) is 0 Å². The van der Waals surface area contributed by atoms with Crippen LogP contribution in [0.3, 0.4) is 0 Å². The molecule has 2 N–H and O–H groups in total. The molecule has 0 amide bonds. The van der Waals surface area contributed by atoms with E-state index in [4.69, 9.17) is 4.74 Å². The summed E-state index contributed by atoms with van der Waals surface area (Å²) in [6.07, 6.45) is 1.89. The molecule has 0 spiro atoms. The number of ether oxygens (including phenoxy) is 1. The topological polar surface area (TPSA) is 58.5 Å². The standard InChI is InChI=1S/C20H30N4OS.HI/c1-6-18-24-16(14-26-18)11-12-22-19(21-5)23-13-15-9-7-8-10-17(15)25-20(2,3)4;/h7-10,14H,6,11-13H2,1-5H3,(H2,21,22,23);1H. The number of aliphatic imine (C=N–C) groups is 1. The Morgan fingerprint density at radius 2 is 1.96 bits per heavy atom. The highest BCUT2D eigenvalue weighted by Crippen LogP contribution is 2.22. The number of nitrogens with one attached hydrogen (secondary N) is 2. The van der Waals surface area contributed by atoms with E-state index in [1.165, 1.54) is 5.01 Å². The summed E-state index contributed by atoms with van der Waals surface area (Å²) in [4.78, 5) is 8.89. The third-order valence-electron chi connectivity index (χ3n) is 3.63. The van der Waals surface area contributed by atoms with Gasteiger partial charge in [0.05, 0.1) is 10.7 Å². The summed E-state index contributed by atoms with van der Waals surface area (Å²) in [5.74, 6) is 1.68. The second-order valence-corrected chi connectivity index (χ2v) is 7.95. The lowest BCUT2D eigenvalue weighted by molar-refractivity contribution is 0.129. The zero-order valence-electron chi connectivity index (χ0n) is 16.8. The van der Waals surface area contributed by atoms with Crippen molar-refractivity contribution >= 4 is 41.3 Å². The Balaban J connectivity index is 0.00000364. The van der Waals surface area contributed by atoms with Crippen molar-refractivity contribution < 1.29 is 4.74 Å². The highest BCUT2D eigenvalue weighted by molar-refractivity contribution is 14.0. The molecule has 0 aliphatic heterocycles. The smallest absolute Gasteiger partial charge is 0.191 e. The van der Waals surface area contributed by atoms with Crippen LogP contribution >= 0.6 is 35.3 Å². The number of aryl methyl sites for hydroxylation is 1. The average Bonchev–Trinajstić information content (AvgIpc) is 3.05. The first-order chi connectivity index (χ1) is 12.4. The molecule has 0 fully saturated rings. The van der Waals surface area contributed by atoms with Crippen molar-refractivity contribution in [2.24, 2.45) is 4.99 Å². The molecule has 7 heteroatoms. The van der Waals surface area contributed by atoms with Gasteiger partial charge in [-0.15, -0.1) is 35.3 Å². The van der Waals surface area contributed by atoms with Crippen LogP contribution in [0, 0.1) is 0 Å². The first kappa shape index (κ1) is 23.7. The maximum absolute atomic E-state index is 6.04. The Bertz CT molecular complexity index is 725. The number of halogens is 1. The molecular formula is C20H31IN4OS. The van der Waals surface area contributed by atoms with Crippen LogP contribution in [-0.2, 0) is 19.4 Å². The molecule has 1 heterocycles. The molecule has 0 saturated carbocycles. The van der Waals surface area contributed by atoms with Crippen molar-refractivity contribution in [2.45, 2.75) is 52.7 Å². The van der Waals surface area contributed by atoms with Gasteiger partial charge in [0.2, 0.25) is 0 Å². The number of hydrogen-bond acceptors (Lipinski definition) is 4. The lowest BCUT2D eigenvalue weighted by atomic mass is 10.1. The van der Waals surface area contributed by atoms with Crippen molar-refractivity contribution in [3.8, 4) is 5.75 Å². The zero-order chi connectivity index (χ0) is 19.0. The molecule has 1 aromatic carbocycles. The summed E-state index contributed by atoms with van der Waals surface area (Å²) in [5.41, 5.74) is 2.03. The predicted octanol–water partition coefficient (Wildman–Crippen LogP) is 4.41. The number of benzene rings is 1. The summed E-state index contributed by atoms with van der Waals surface area (Å²) < 4.78 is 6.04. The lowest BCUT2D eigenvalue weighted by Crippen LogP contribution is -2.38. The van der Waals surface area contributed by atoms with Crippen molar-refractivity contribution in [3.63, 3.8) is 0 Å². The number of para-hydroxylation sites is 1. The van der Waals surface area contributed by atoms with Gasteiger partial charge in [-0.25, -0.2) is 4.98 Å². The van der Waals surface area contributed by atoms with Gasteiger partial charge in [-0.05, 0) is 33.3 Å². The van der Waals surface area contributed by atoms with Gasteiger partial charge in [0.15, 0.2) is 5.96 Å². The first-order valence-electron chi connectivity index (χ1n) is 9.06. The van der Waals surface area contributed by atoms with Crippen molar-refractivity contribution in [1.82, 2.24) is 15.6 Å². The minimum Gasteiger partial charge on any atom is -0.488 e. The summed E-state index contributed by atoms with van der Waals surface area (Å²) in [5, 5.41) is 10.0. The Morgan fingerprint density at radius 1 is 1.22 bits per heavy atom. The summed E-state index contributed by atoms with van der Waals surface area (Å²) in [7, 11) is 1.78. The summed E-state index contributed by atoms with van der Waals surface area (Å²) in [6, 6.07) is 8.10. The fraction of sp³-hybridized carbons (Fsp3) is 0.500. The molecule has 0 unspecified atom stereocenters. The van der Waals surface area contributed by atoms with Gasteiger partial charge in [-0.3, -0.25) is 4.99 Å². The third kappa shape index (κ3) is 8.47. The molecule has 150 valence electrons. The van der Waals surface area contributed by atoms with E-state index in [-0.39, 0.29) is 29.6 Å². The minimum atomic E-state index is -0.221. The molecule has 0 atom stereocenters. The molecule has 0 bridgehead atoms. The normalized spacial score (nSPS) is 11.7. The van der Waals surface area contributed by atoms with Crippen LogP contribution in [-0.4, -0.2) is 30.1 Å². The van der Waals surface area contributed by atoms with Crippen LogP contribution in [0.15, 0.2) is 34.6 Å². The van der Waals surface area contributed by atoms with Crippen LogP contribution in [0.1, 0.15) is 44.0 Å². The molecule has 0 aliphatic carbocycles. The second kappa shape index (κ2) is 11.5. The fourth-order valence-electron chi connectivity index (χ4n) is 2.41. The van der Waals surface area contributed by atoms with Gasteiger partial charge in [0.25, 0.3) is 0 Å². The lowest BCUT2D eigenvalue weighted by Gasteiger charge is -2.23. The second-order valence-electron chi connectivity index (χ2n) is 7.01. The van der Waals surface area contributed by atoms with Gasteiger partial charge in [-0.2, -0.15) is 0 Å². The number of thiazole rings is 1. The van der Waals surface area contributed by atoms with E-state index in [0.29, 0.717) is 6.54 Å². The minimum absolute atomic E-state index is 0.